The first-order valence-corrected chi connectivity index (χ1v) is 26.8. The summed E-state index contributed by atoms with van der Waals surface area (Å²) in [5.74, 6) is 0. The van der Waals surface area contributed by atoms with E-state index in [2.05, 4.69) is 96.2 Å². The summed E-state index contributed by atoms with van der Waals surface area (Å²) in [6.45, 7) is 14.4. The second-order valence-electron chi connectivity index (χ2n) is 12.9. The molecule has 2 bridgehead atoms. The molecule has 2 aromatic carbocycles. The standard InChI is InChI=1S/C21H25.C5H5.C4H8Si2.2ClH.Zr/c1-20(2,3)16-7-9-18-14(12-16)11-15-13-17(21(4,5)6)8-10-19(15)18;1-2-4-5-3-1;1-2-6-4-3-5-1;;;/h7-13H,1-6H3;1-3H,4H2;1-4H2;2*1H;/q;;;;;+2/p-2. The fourth-order valence-corrected chi connectivity index (χ4v) is 85.5. The fourth-order valence-electron chi connectivity index (χ4n) is 7.34. The van der Waals surface area contributed by atoms with Crippen molar-refractivity contribution in [1.82, 2.24) is 0 Å². The molecule has 0 N–H and O–H groups in total. The maximum atomic E-state index is 2.70. The summed E-state index contributed by atoms with van der Waals surface area (Å²) in [7, 11) is 0. The van der Waals surface area contributed by atoms with Gasteiger partial charge < -0.3 is 24.8 Å². The molecule has 0 saturated heterocycles. The zero-order valence-corrected chi connectivity index (χ0v) is 28.0. The van der Waals surface area contributed by atoms with Gasteiger partial charge in [-0.1, -0.05) is 0 Å². The Kier molecular flexibility index (Phi) is 7.58. The molecule has 2 aliphatic carbocycles. The predicted octanol–water partition coefficient (Wildman–Crippen LogP) is 2.37. The fraction of sp³-hybridized carbons (Fsp3) is 0.467. The van der Waals surface area contributed by atoms with Crippen molar-refractivity contribution in [2.75, 3.05) is 0 Å². The first kappa shape index (κ1) is 27.8. The number of hydrogen-bond donors (Lipinski definition) is 0. The van der Waals surface area contributed by atoms with Gasteiger partial charge in [-0.15, -0.1) is 0 Å². The summed E-state index contributed by atoms with van der Waals surface area (Å²) >= 11 is -2.57. The Balaban J connectivity index is 0.00000144. The molecule has 2 heterocycles. The van der Waals surface area contributed by atoms with Gasteiger partial charge in [0, 0.05) is 0 Å². The van der Waals surface area contributed by atoms with Crippen LogP contribution < -0.4 is 24.8 Å². The van der Waals surface area contributed by atoms with Gasteiger partial charge in [-0.2, -0.15) is 0 Å². The molecule has 0 radical (unpaired) electrons. The van der Waals surface area contributed by atoms with Crippen molar-refractivity contribution in [3.05, 3.63) is 80.2 Å². The summed E-state index contributed by atoms with van der Waals surface area (Å²) in [4.78, 5) is 0. The van der Waals surface area contributed by atoms with E-state index in [1.54, 1.807) is 46.4 Å². The van der Waals surface area contributed by atoms with E-state index < -0.39 is 17.5 Å². The summed E-state index contributed by atoms with van der Waals surface area (Å²) in [6.07, 6.45) is 8.87. The molecule has 0 nitrogen and oxygen atoms in total. The van der Waals surface area contributed by atoms with E-state index in [1.807, 2.05) is 3.28 Å². The number of halogens is 2. The van der Waals surface area contributed by atoms with Crippen molar-refractivity contribution in [3.8, 4) is 11.1 Å². The van der Waals surface area contributed by atoms with Crippen LogP contribution in [-0.4, -0.2) is 10.9 Å². The minimum absolute atomic E-state index is 0. The third-order valence-electron chi connectivity index (χ3n) is 9.03. The molecular weight excluding hydrogens is 579 g/mol. The quantitative estimate of drug-likeness (QED) is 0.455. The molecule has 184 valence electrons. The van der Waals surface area contributed by atoms with Crippen LogP contribution in [0.2, 0.25) is 24.2 Å². The monoisotopic (exact) mass is 614 g/mol. The maximum Gasteiger partial charge on any atom is -1.00 e. The molecular formula is C30H38Cl2Si2Zr. The van der Waals surface area contributed by atoms with E-state index in [9.17, 15) is 0 Å². The van der Waals surface area contributed by atoms with E-state index in [1.165, 1.54) is 17.5 Å². The van der Waals surface area contributed by atoms with Gasteiger partial charge in [-0.3, -0.25) is 0 Å². The van der Waals surface area contributed by atoms with Crippen LogP contribution in [0, 0.1) is 0 Å². The number of rotatable bonds is 2. The summed E-state index contributed by atoms with van der Waals surface area (Å²) in [5.41, 5.74) is 9.84. The summed E-state index contributed by atoms with van der Waals surface area (Å²) in [5, 5.41) is 0. The van der Waals surface area contributed by atoms with Gasteiger partial charge in [0.2, 0.25) is 0 Å². The molecule has 0 unspecified atom stereocenters. The molecule has 0 amide bonds. The van der Waals surface area contributed by atoms with E-state index >= 15 is 0 Å². The number of fused-ring (bicyclic) bond motifs is 3. The Morgan fingerprint density at radius 2 is 1.17 bits per heavy atom. The van der Waals surface area contributed by atoms with Crippen molar-refractivity contribution in [2.45, 2.75) is 86.6 Å². The normalized spacial score (nSPS) is 18.1. The third-order valence-corrected chi connectivity index (χ3v) is 66.3. The smallest absolute Gasteiger partial charge is 1.00 e. The summed E-state index contributed by atoms with van der Waals surface area (Å²) in [6, 6.07) is 21.9. The molecule has 2 aliphatic heterocycles. The zero-order valence-electron chi connectivity index (χ0n) is 22.1. The van der Waals surface area contributed by atoms with Crippen LogP contribution in [0.15, 0.2) is 57.9 Å². The average Bonchev–Trinajstić information content (AvgIpc) is 3.53. The second-order valence-corrected chi connectivity index (χ2v) is 47.0. The average molecular weight is 617 g/mol. The van der Waals surface area contributed by atoms with Crippen LogP contribution in [-0.2, 0) is 28.3 Å². The first-order chi connectivity index (χ1) is 15.6. The largest absolute Gasteiger partial charge is 1.00 e. The number of hydrogen-bond acceptors (Lipinski definition) is 0. The topological polar surface area (TPSA) is 0 Å². The van der Waals surface area contributed by atoms with Crippen LogP contribution in [0.4, 0.5) is 0 Å². The van der Waals surface area contributed by atoms with Crippen LogP contribution in [0.1, 0.15) is 73.8 Å². The van der Waals surface area contributed by atoms with Gasteiger partial charge in [0.25, 0.3) is 0 Å². The molecule has 0 saturated carbocycles. The minimum Gasteiger partial charge on any atom is -1.00 e. The second kappa shape index (κ2) is 9.53. The van der Waals surface area contributed by atoms with Gasteiger partial charge in [-0.25, -0.2) is 0 Å². The minimum atomic E-state index is -2.57. The van der Waals surface area contributed by atoms with Gasteiger partial charge in [-0.05, 0) is 0 Å². The Labute approximate surface area is 229 Å². The predicted molar refractivity (Wildman–Crippen MR) is 144 cm³/mol. The number of allylic oxidation sites excluding steroid dienone is 4. The molecule has 0 fully saturated rings. The zero-order chi connectivity index (χ0) is 23.2. The van der Waals surface area contributed by atoms with Gasteiger partial charge in [0.05, 0.1) is 0 Å². The maximum absolute atomic E-state index is 2.70. The van der Waals surface area contributed by atoms with Gasteiger partial charge in [0.1, 0.15) is 0 Å². The molecule has 2 aromatic rings. The first-order valence-electron chi connectivity index (χ1n) is 13.0. The van der Waals surface area contributed by atoms with Crippen molar-refractivity contribution in [1.29, 1.82) is 0 Å². The van der Waals surface area contributed by atoms with Crippen molar-refractivity contribution in [3.63, 3.8) is 0 Å². The van der Waals surface area contributed by atoms with Crippen molar-refractivity contribution in [2.24, 2.45) is 0 Å². The van der Waals surface area contributed by atoms with Gasteiger partial charge >= 0.3 is 206 Å². The van der Waals surface area contributed by atoms with E-state index in [-0.39, 0.29) is 46.5 Å². The SMILES string of the molecule is CC(C)(C)c1ccc2c(c1)[CH]([Zr+2]1([C]3=CC=CC3)=[Si]3CC[Si]=1CC3)c1cc(C(C)(C)C)ccc1-2.[Cl-].[Cl-]. The Morgan fingerprint density at radius 3 is 1.54 bits per heavy atom. The Bertz CT molecular complexity index is 1290. The van der Waals surface area contributed by atoms with Crippen molar-refractivity contribution >= 4 is 10.9 Å². The molecule has 5 heteroatoms. The van der Waals surface area contributed by atoms with Gasteiger partial charge in [0.15, 0.2) is 0 Å². The molecule has 0 spiro atoms. The van der Waals surface area contributed by atoms with E-state index in [4.69, 9.17) is 0 Å². The Morgan fingerprint density at radius 1 is 0.714 bits per heavy atom. The molecule has 4 aliphatic rings. The van der Waals surface area contributed by atoms with Crippen LogP contribution in [0.5, 0.6) is 0 Å². The van der Waals surface area contributed by atoms with E-state index in [0.29, 0.717) is 0 Å². The molecule has 35 heavy (non-hydrogen) atoms. The number of benzene rings is 2. The van der Waals surface area contributed by atoms with E-state index in [0.717, 1.165) is 3.63 Å². The third kappa shape index (κ3) is 4.15. The van der Waals surface area contributed by atoms with Crippen molar-refractivity contribution < 1.29 is 42.3 Å². The summed E-state index contributed by atoms with van der Waals surface area (Å²) < 4.78 is 2.83. The molecule has 6 rings (SSSR count). The van der Waals surface area contributed by atoms with Crippen LogP contribution in [0.25, 0.3) is 11.1 Å². The van der Waals surface area contributed by atoms with Crippen LogP contribution >= 0.6 is 0 Å². The van der Waals surface area contributed by atoms with Crippen LogP contribution in [0.3, 0.4) is 0 Å². The Hall–Kier alpha value is -0.183. The molecule has 0 atom stereocenters. The molecule has 0 aromatic heterocycles.